The summed E-state index contributed by atoms with van der Waals surface area (Å²) in [6.07, 6.45) is 0. The van der Waals surface area contributed by atoms with Crippen LogP contribution in [0.3, 0.4) is 0 Å². The van der Waals surface area contributed by atoms with Gasteiger partial charge in [0.1, 0.15) is 0 Å². The molecular weight excluding hydrogens is 401 g/mol. The van der Waals surface area contributed by atoms with Gasteiger partial charge in [-0.05, 0) is 36.4 Å². The van der Waals surface area contributed by atoms with E-state index >= 15 is 0 Å². The van der Waals surface area contributed by atoms with E-state index in [-0.39, 0.29) is 10.5 Å². The first-order chi connectivity index (χ1) is 13.0. The molecule has 1 N–H and O–H groups in total. The van der Waals surface area contributed by atoms with Gasteiger partial charge in [-0.2, -0.15) is 0 Å². The number of anilines is 1. The van der Waals surface area contributed by atoms with Crippen molar-refractivity contribution in [3.63, 3.8) is 0 Å². The fourth-order valence-corrected chi connectivity index (χ4v) is 2.90. The first-order valence-electron chi connectivity index (χ1n) is 7.67. The molecule has 0 unspecified atom stereocenters. The monoisotopic (exact) mass is 416 g/mol. The van der Waals surface area contributed by atoms with Crippen molar-refractivity contribution in [2.45, 2.75) is 4.90 Å². The molecule has 0 radical (unpaired) electrons. The second-order valence-electron chi connectivity index (χ2n) is 5.66. The standard InChI is InChI=1S/C17H15F3N2O5S/c1-22(2)28(25,26)11-5-3-10(4-6-11)17(24)27-9-14(23)21-13-8-7-12(18)15(19)16(13)20/h3-8H,9H2,1-2H3,(H,21,23). The molecule has 0 heterocycles. The maximum Gasteiger partial charge on any atom is 0.338 e. The van der Waals surface area contributed by atoms with E-state index in [9.17, 15) is 31.2 Å². The molecule has 1 amide bonds. The maximum absolute atomic E-state index is 13.5. The van der Waals surface area contributed by atoms with Gasteiger partial charge >= 0.3 is 5.97 Å². The molecule has 0 spiro atoms. The highest BCUT2D eigenvalue weighted by Crippen LogP contribution is 2.19. The Morgan fingerprint density at radius 3 is 2.18 bits per heavy atom. The lowest BCUT2D eigenvalue weighted by atomic mass is 10.2. The zero-order chi connectivity index (χ0) is 21.1. The van der Waals surface area contributed by atoms with Crippen molar-refractivity contribution in [3.8, 4) is 0 Å². The zero-order valence-electron chi connectivity index (χ0n) is 14.7. The first-order valence-corrected chi connectivity index (χ1v) is 9.11. The van der Waals surface area contributed by atoms with Crippen LogP contribution in [0.4, 0.5) is 18.9 Å². The molecule has 2 aromatic rings. The number of nitrogens with one attached hydrogen (secondary N) is 1. The van der Waals surface area contributed by atoms with Crippen LogP contribution in [0.2, 0.25) is 0 Å². The van der Waals surface area contributed by atoms with E-state index < -0.39 is 51.6 Å². The number of halogens is 3. The van der Waals surface area contributed by atoms with Gasteiger partial charge < -0.3 is 10.1 Å². The number of carbonyl (C=O) groups is 2. The predicted molar refractivity (Wildman–Crippen MR) is 92.5 cm³/mol. The van der Waals surface area contributed by atoms with E-state index in [0.29, 0.717) is 6.07 Å². The van der Waals surface area contributed by atoms with Crippen LogP contribution < -0.4 is 5.32 Å². The van der Waals surface area contributed by atoms with Gasteiger partial charge in [0.15, 0.2) is 24.1 Å². The topological polar surface area (TPSA) is 92.8 Å². The summed E-state index contributed by atoms with van der Waals surface area (Å²) in [5.74, 6) is -6.67. The van der Waals surface area contributed by atoms with E-state index in [2.05, 4.69) is 0 Å². The Hall–Kier alpha value is -2.92. The third-order valence-corrected chi connectivity index (χ3v) is 5.34. The van der Waals surface area contributed by atoms with Crippen molar-refractivity contribution in [3.05, 3.63) is 59.4 Å². The molecule has 0 atom stereocenters. The minimum Gasteiger partial charge on any atom is -0.452 e. The molecule has 2 rings (SSSR count). The number of sulfonamides is 1. The van der Waals surface area contributed by atoms with Crippen LogP contribution in [0.15, 0.2) is 41.3 Å². The van der Waals surface area contributed by atoms with Crippen LogP contribution in [-0.4, -0.2) is 45.3 Å². The van der Waals surface area contributed by atoms with Crippen molar-refractivity contribution < 1.29 is 35.9 Å². The van der Waals surface area contributed by atoms with Gasteiger partial charge in [0, 0.05) is 14.1 Å². The molecular formula is C17H15F3N2O5S. The van der Waals surface area contributed by atoms with E-state index in [0.717, 1.165) is 10.4 Å². The SMILES string of the molecule is CN(C)S(=O)(=O)c1ccc(C(=O)OCC(=O)Nc2ccc(F)c(F)c2F)cc1. The maximum atomic E-state index is 13.5. The van der Waals surface area contributed by atoms with Crippen molar-refractivity contribution >= 4 is 27.6 Å². The minimum absolute atomic E-state index is 0.0236. The minimum atomic E-state index is -3.67. The molecule has 0 fully saturated rings. The molecule has 0 saturated heterocycles. The lowest BCUT2D eigenvalue weighted by Gasteiger charge is -2.11. The van der Waals surface area contributed by atoms with Gasteiger partial charge in [-0.25, -0.2) is 30.7 Å². The zero-order valence-corrected chi connectivity index (χ0v) is 15.5. The largest absolute Gasteiger partial charge is 0.452 e. The second-order valence-corrected chi connectivity index (χ2v) is 7.81. The second kappa shape index (κ2) is 8.40. The Balaban J connectivity index is 1.99. The van der Waals surface area contributed by atoms with Crippen molar-refractivity contribution in [2.75, 3.05) is 26.0 Å². The average molecular weight is 416 g/mol. The van der Waals surface area contributed by atoms with Gasteiger partial charge in [-0.15, -0.1) is 0 Å². The molecule has 7 nitrogen and oxygen atoms in total. The van der Waals surface area contributed by atoms with Crippen molar-refractivity contribution in [2.24, 2.45) is 0 Å². The van der Waals surface area contributed by atoms with E-state index in [1.807, 2.05) is 5.32 Å². The van der Waals surface area contributed by atoms with E-state index in [1.54, 1.807) is 0 Å². The van der Waals surface area contributed by atoms with Crippen LogP contribution in [0, 0.1) is 17.5 Å². The Bertz CT molecular complexity index is 1010. The van der Waals surface area contributed by atoms with Crippen LogP contribution in [-0.2, 0) is 19.6 Å². The van der Waals surface area contributed by atoms with Crippen LogP contribution in [0.1, 0.15) is 10.4 Å². The smallest absolute Gasteiger partial charge is 0.338 e. The summed E-state index contributed by atoms with van der Waals surface area (Å²) >= 11 is 0. The first kappa shape index (κ1) is 21.4. The number of nitrogens with zero attached hydrogens (tertiary/aromatic N) is 1. The average Bonchev–Trinajstić information content (AvgIpc) is 2.66. The fourth-order valence-electron chi connectivity index (χ4n) is 2.00. The van der Waals surface area contributed by atoms with Crippen LogP contribution >= 0.6 is 0 Å². The number of rotatable bonds is 6. The van der Waals surface area contributed by atoms with E-state index in [4.69, 9.17) is 4.74 Å². The summed E-state index contributed by atoms with van der Waals surface area (Å²) in [5, 5.41) is 1.94. The molecule has 0 bridgehead atoms. The molecule has 0 aromatic heterocycles. The third-order valence-electron chi connectivity index (χ3n) is 3.51. The fraction of sp³-hybridized carbons (Fsp3) is 0.176. The summed E-state index contributed by atoms with van der Waals surface area (Å²) in [4.78, 5) is 23.6. The van der Waals surface area contributed by atoms with E-state index in [1.165, 1.54) is 38.4 Å². The Labute approximate surface area is 158 Å². The molecule has 150 valence electrons. The summed E-state index contributed by atoms with van der Waals surface area (Å²) in [6.45, 7) is -0.824. The van der Waals surface area contributed by atoms with Gasteiger partial charge in [0.2, 0.25) is 10.0 Å². The third kappa shape index (κ3) is 4.67. The van der Waals surface area contributed by atoms with Crippen molar-refractivity contribution in [1.29, 1.82) is 0 Å². The summed E-state index contributed by atoms with van der Waals surface area (Å²) < 4.78 is 69.1. The Morgan fingerprint density at radius 1 is 1.00 bits per heavy atom. The number of hydrogen-bond donors (Lipinski definition) is 1. The van der Waals surface area contributed by atoms with Gasteiger partial charge in [0.05, 0.1) is 16.1 Å². The highest BCUT2D eigenvalue weighted by Gasteiger charge is 2.19. The molecule has 11 heteroatoms. The Morgan fingerprint density at radius 2 is 1.61 bits per heavy atom. The number of hydrogen-bond acceptors (Lipinski definition) is 5. The molecule has 0 aliphatic rings. The van der Waals surface area contributed by atoms with Crippen LogP contribution in [0.5, 0.6) is 0 Å². The highest BCUT2D eigenvalue weighted by molar-refractivity contribution is 7.89. The summed E-state index contributed by atoms with van der Waals surface area (Å²) in [6, 6.07) is 6.24. The van der Waals surface area contributed by atoms with Crippen LogP contribution in [0.25, 0.3) is 0 Å². The van der Waals surface area contributed by atoms with Crippen molar-refractivity contribution in [1.82, 2.24) is 4.31 Å². The number of esters is 1. The molecule has 2 aromatic carbocycles. The summed E-state index contributed by atoms with van der Waals surface area (Å²) in [5.41, 5.74) is -0.636. The number of ether oxygens (including phenoxy) is 1. The molecule has 0 aliphatic heterocycles. The Kier molecular flexibility index (Phi) is 6.41. The number of benzene rings is 2. The molecule has 28 heavy (non-hydrogen) atoms. The lowest BCUT2D eigenvalue weighted by Crippen LogP contribution is -2.23. The van der Waals surface area contributed by atoms with Gasteiger partial charge in [-0.1, -0.05) is 0 Å². The quantitative estimate of drug-likeness (QED) is 0.576. The molecule has 0 aliphatic carbocycles. The molecule has 0 saturated carbocycles. The summed E-state index contributed by atoms with van der Waals surface area (Å²) in [7, 11) is -0.960. The normalized spacial score (nSPS) is 11.4. The highest BCUT2D eigenvalue weighted by atomic mass is 32.2. The number of amides is 1. The predicted octanol–water partition coefficient (Wildman–Crippen LogP) is 2.15. The number of carbonyl (C=O) groups excluding carboxylic acids is 2. The lowest BCUT2D eigenvalue weighted by molar-refractivity contribution is -0.119. The van der Waals surface area contributed by atoms with Gasteiger partial charge in [0.25, 0.3) is 5.91 Å². The van der Waals surface area contributed by atoms with Gasteiger partial charge in [-0.3, -0.25) is 4.79 Å².